The fourth-order valence-corrected chi connectivity index (χ4v) is 2.72. The van der Waals surface area contributed by atoms with Gasteiger partial charge in [-0.25, -0.2) is 0 Å². The summed E-state index contributed by atoms with van der Waals surface area (Å²) >= 11 is 5.88. The van der Waals surface area contributed by atoms with Gasteiger partial charge in [-0.1, -0.05) is 29.8 Å². The van der Waals surface area contributed by atoms with E-state index in [1.807, 2.05) is 25.1 Å². The number of Topliss-reactive ketones (excluding diaryl/α,β-unsaturated/α-hetero) is 1. The van der Waals surface area contributed by atoms with Gasteiger partial charge in [0.15, 0.2) is 12.4 Å². The molecule has 0 saturated carbocycles. The Balaban J connectivity index is 1.77. The Kier molecular flexibility index (Phi) is 5.44. The van der Waals surface area contributed by atoms with Crippen molar-refractivity contribution in [2.45, 2.75) is 13.0 Å². The van der Waals surface area contributed by atoms with E-state index in [0.717, 1.165) is 0 Å². The van der Waals surface area contributed by atoms with E-state index in [1.165, 1.54) is 0 Å². The fourth-order valence-electron chi connectivity index (χ4n) is 2.59. The minimum absolute atomic E-state index is 0.0294. The van der Waals surface area contributed by atoms with Crippen molar-refractivity contribution in [1.82, 2.24) is 0 Å². The lowest BCUT2D eigenvalue weighted by atomic mass is 10.1. The van der Waals surface area contributed by atoms with E-state index in [9.17, 15) is 9.59 Å². The molecule has 1 aromatic heterocycles. The molecule has 2 aromatic carbocycles. The molecule has 0 aliphatic heterocycles. The summed E-state index contributed by atoms with van der Waals surface area (Å²) < 4.78 is 1.78. The summed E-state index contributed by atoms with van der Waals surface area (Å²) in [6, 6.07) is 19.0. The Morgan fingerprint density at radius 3 is 2.31 bits per heavy atom. The zero-order chi connectivity index (χ0) is 18.5. The summed E-state index contributed by atoms with van der Waals surface area (Å²) in [6.45, 7) is 1.82. The van der Waals surface area contributed by atoms with Crippen LogP contribution in [0.5, 0.6) is 0 Å². The number of benzene rings is 2. The van der Waals surface area contributed by atoms with Crippen LogP contribution in [0.25, 0.3) is 0 Å². The third-order valence-corrected chi connectivity index (χ3v) is 4.32. The maximum Gasteiger partial charge on any atom is 0.255 e. The normalized spacial score (nSPS) is 11.6. The predicted molar refractivity (Wildman–Crippen MR) is 102 cm³/mol. The third-order valence-electron chi connectivity index (χ3n) is 4.07. The highest BCUT2D eigenvalue weighted by Gasteiger charge is 2.24. The Hall–Kier alpha value is -2.98. The number of nitrogens with zero attached hydrogens (tertiary/aromatic N) is 1. The molecule has 1 heterocycles. The summed E-state index contributed by atoms with van der Waals surface area (Å²) in [5.74, 6) is -0.224. The maximum atomic E-state index is 12.7. The number of pyridine rings is 1. The van der Waals surface area contributed by atoms with Crippen LogP contribution in [0.15, 0.2) is 79.1 Å². The molecule has 1 unspecified atom stereocenters. The van der Waals surface area contributed by atoms with Crippen LogP contribution in [-0.4, -0.2) is 11.7 Å². The maximum absolute atomic E-state index is 12.7. The molecule has 26 heavy (non-hydrogen) atoms. The summed E-state index contributed by atoms with van der Waals surface area (Å²) in [6.07, 6.45) is 3.55. The molecule has 4 nitrogen and oxygen atoms in total. The predicted octanol–water partition coefficient (Wildman–Crippen LogP) is 4.32. The zero-order valence-corrected chi connectivity index (χ0v) is 15.0. The number of anilines is 1. The largest absolute Gasteiger partial charge is 0.317 e. The van der Waals surface area contributed by atoms with Crippen LogP contribution < -0.4 is 9.88 Å². The second-order valence-electron chi connectivity index (χ2n) is 5.91. The van der Waals surface area contributed by atoms with Crippen molar-refractivity contribution in [3.05, 3.63) is 95.3 Å². The average molecular weight is 366 g/mol. The molecular weight excluding hydrogens is 348 g/mol. The molecule has 0 fully saturated rings. The molecule has 1 atom stereocenters. The third kappa shape index (κ3) is 4.16. The number of carbonyl (C=O) groups excluding carboxylic acids is 2. The molecule has 0 saturated heterocycles. The second kappa shape index (κ2) is 7.93. The Morgan fingerprint density at radius 1 is 0.923 bits per heavy atom. The molecule has 0 spiro atoms. The molecule has 3 aromatic rings. The number of aromatic nitrogens is 1. The standard InChI is InChI=1S/C21H17ClN2O2/c1-15(20(25)16-9-11-18(22)12-10-16)24-13-5-8-19(14-24)23-21(26)17-6-3-2-4-7-17/h2-15H,1H3/p+1. The molecule has 1 N–H and O–H groups in total. The van der Waals surface area contributed by atoms with Gasteiger partial charge < -0.3 is 5.32 Å². The topological polar surface area (TPSA) is 50.0 Å². The van der Waals surface area contributed by atoms with Gasteiger partial charge in [-0.15, -0.1) is 0 Å². The Morgan fingerprint density at radius 2 is 1.62 bits per heavy atom. The molecule has 0 aliphatic rings. The number of nitrogens with one attached hydrogen (secondary N) is 1. The highest BCUT2D eigenvalue weighted by molar-refractivity contribution is 6.30. The highest BCUT2D eigenvalue weighted by atomic mass is 35.5. The molecule has 0 radical (unpaired) electrons. The van der Waals surface area contributed by atoms with Crippen molar-refractivity contribution in [3.8, 4) is 0 Å². The van der Waals surface area contributed by atoms with Gasteiger partial charge >= 0.3 is 0 Å². The van der Waals surface area contributed by atoms with Crippen molar-refractivity contribution in [2.75, 3.05) is 5.32 Å². The van der Waals surface area contributed by atoms with Crippen molar-refractivity contribution in [2.24, 2.45) is 0 Å². The fraction of sp³-hybridized carbons (Fsp3) is 0.0952. The summed E-state index contributed by atoms with van der Waals surface area (Å²) in [5.41, 5.74) is 1.79. The SMILES string of the molecule is CC(C(=O)c1ccc(Cl)cc1)[n+]1cccc(NC(=O)c2ccccc2)c1. The lowest BCUT2D eigenvalue weighted by molar-refractivity contribution is -0.704. The number of halogens is 1. The first-order valence-electron chi connectivity index (χ1n) is 8.21. The van der Waals surface area contributed by atoms with E-state index < -0.39 is 6.04 Å². The van der Waals surface area contributed by atoms with Gasteiger partial charge in [0.1, 0.15) is 5.69 Å². The lowest BCUT2D eigenvalue weighted by Crippen LogP contribution is -2.42. The molecule has 0 bridgehead atoms. The summed E-state index contributed by atoms with van der Waals surface area (Å²) in [5, 5.41) is 3.44. The van der Waals surface area contributed by atoms with Gasteiger partial charge in [-0.2, -0.15) is 4.57 Å². The van der Waals surface area contributed by atoms with Gasteiger partial charge in [0.05, 0.1) is 0 Å². The number of amides is 1. The van der Waals surface area contributed by atoms with E-state index in [1.54, 1.807) is 65.5 Å². The Bertz CT molecular complexity index is 924. The van der Waals surface area contributed by atoms with Crippen LogP contribution in [0.2, 0.25) is 5.02 Å². The highest BCUT2D eigenvalue weighted by Crippen LogP contribution is 2.14. The number of hydrogen-bond donors (Lipinski definition) is 1. The van der Waals surface area contributed by atoms with Crippen LogP contribution in [0.3, 0.4) is 0 Å². The van der Waals surface area contributed by atoms with E-state index in [4.69, 9.17) is 11.6 Å². The molecule has 3 rings (SSSR count). The van der Waals surface area contributed by atoms with Gasteiger partial charge in [-0.3, -0.25) is 9.59 Å². The summed E-state index contributed by atoms with van der Waals surface area (Å²) in [4.78, 5) is 24.9. The van der Waals surface area contributed by atoms with Crippen molar-refractivity contribution < 1.29 is 14.2 Å². The molecule has 130 valence electrons. The van der Waals surface area contributed by atoms with Crippen LogP contribution >= 0.6 is 11.6 Å². The number of hydrogen-bond acceptors (Lipinski definition) is 2. The monoisotopic (exact) mass is 365 g/mol. The number of rotatable bonds is 5. The van der Waals surface area contributed by atoms with E-state index in [-0.39, 0.29) is 11.7 Å². The number of ketones is 1. The second-order valence-corrected chi connectivity index (χ2v) is 6.34. The first-order valence-corrected chi connectivity index (χ1v) is 8.59. The van der Waals surface area contributed by atoms with Gasteiger partial charge in [0, 0.05) is 29.1 Å². The minimum atomic E-state index is -0.412. The first kappa shape index (κ1) is 17.8. The number of carbonyl (C=O) groups is 2. The molecule has 0 aliphatic carbocycles. The van der Waals surface area contributed by atoms with E-state index >= 15 is 0 Å². The van der Waals surface area contributed by atoms with Crippen molar-refractivity contribution in [3.63, 3.8) is 0 Å². The van der Waals surface area contributed by atoms with E-state index in [2.05, 4.69) is 5.32 Å². The minimum Gasteiger partial charge on any atom is -0.317 e. The van der Waals surface area contributed by atoms with Crippen LogP contribution in [0.4, 0.5) is 5.69 Å². The van der Waals surface area contributed by atoms with Crippen LogP contribution in [-0.2, 0) is 0 Å². The summed E-state index contributed by atoms with van der Waals surface area (Å²) in [7, 11) is 0. The lowest BCUT2D eigenvalue weighted by Gasteiger charge is -2.09. The van der Waals surface area contributed by atoms with Gasteiger partial charge in [0.25, 0.3) is 5.91 Å². The van der Waals surface area contributed by atoms with Crippen LogP contribution in [0.1, 0.15) is 33.7 Å². The molecular formula is C21H18ClN2O2+. The average Bonchev–Trinajstić information content (AvgIpc) is 2.68. The van der Waals surface area contributed by atoms with Gasteiger partial charge in [0.2, 0.25) is 11.8 Å². The first-order chi connectivity index (χ1) is 12.5. The Labute approximate surface area is 157 Å². The van der Waals surface area contributed by atoms with Gasteiger partial charge in [-0.05, 0) is 42.5 Å². The smallest absolute Gasteiger partial charge is 0.255 e. The molecule has 5 heteroatoms. The zero-order valence-electron chi connectivity index (χ0n) is 14.2. The van der Waals surface area contributed by atoms with Crippen molar-refractivity contribution >= 4 is 29.0 Å². The quantitative estimate of drug-likeness (QED) is 0.540. The van der Waals surface area contributed by atoms with Crippen molar-refractivity contribution in [1.29, 1.82) is 0 Å². The van der Waals surface area contributed by atoms with Crippen LogP contribution in [0, 0.1) is 0 Å². The van der Waals surface area contributed by atoms with E-state index in [0.29, 0.717) is 21.8 Å². The molecule has 1 amide bonds.